The Kier molecular flexibility index (Phi) is 6.09. The van der Waals surface area contributed by atoms with E-state index in [4.69, 9.17) is 0 Å². The zero-order valence-corrected chi connectivity index (χ0v) is 18.4. The Hall–Kier alpha value is -3.12. The molecule has 160 valence electrons. The SMILES string of the molecule is CCCS(=O)(=O)N1CCCc2cc(NC(=O)c3ccc(-c4ccccc4)cc3)ccc21. The summed E-state index contributed by atoms with van der Waals surface area (Å²) in [6, 6.07) is 23.0. The van der Waals surface area contributed by atoms with Crippen molar-refractivity contribution in [2.24, 2.45) is 0 Å². The van der Waals surface area contributed by atoms with Gasteiger partial charge in [-0.15, -0.1) is 0 Å². The van der Waals surface area contributed by atoms with Crippen LogP contribution in [-0.2, 0) is 16.4 Å². The fraction of sp³-hybridized carbons (Fsp3) is 0.240. The molecule has 1 amide bonds. The van der Waals surface area contributed by atoms with Gasteiger partial charge in [-0.2, -0.15) is 0 Å². The average molecular weight is 435 g/mol. The summed E-state index contributed by atoms with van der Waals surface area (Å²) in [4.78, 5) is 12.7. The Morgan fingerprint density at radius 1 is 0.968 bits per heavy atom. The molecule has 31 heavy (non-hydrogen) atoms. The number of aryl methyl sites for hydroxylation is 1. The van der Waals surface area contributed by atoms with Crippen molar-refractivity contribution >= 4 is 27.3 Å². The van der Waals surface area contributed by atoms with Gasteiger partial charge < -0.3 is 5.32 Å². The van der Waals surface area contributed by atoms with Crippen LogP contribution in [0.3, 0.4) is 0 Å². The van der Waals surface area contributed by atoms with Crippen molar-refractivity contribution in [1.82, 2.24) is 0 Å². The van der Waals surface area contributed by atoms with Crippen molar-refractivity contribution in [3.8, 4) is 11.1 Å². The number of anilines is 2. The topological polar surface area (TPSA) is 66.5 Å². The minimum absolute atomic E-state index is 0.143. The Bertz CT molecular complexity index is 1170. The highest BCUT2D eigenvalue weighted by Gasteiger charge is 2.27. The first kappa shape index (κ1) is 21.1. The standard InChI is InChI=1S/C25H26N2O3S/c1-2-17-31(29,30)27-16-6-9-22-18-23(14-15-24(22)27)26-25(28)21-12-10-20(11-13-21)19-7-4-3-5-8-19/h3-5,7-8,10-15,18H,2,6,9,16-17H2,1H3,(H,26,28). The second-order valence-electron chi connectivity index (χ2n) is 7.73. The van der Waals surface area contributed by atoms with Gasteiger partial charge in [0.05, 0.1) is 11.4 Å². The number of nitrogens with zero attached hydrogens (tertiary/aromatic N) is 1. The monoisotopic (exact) mass is 434 g/mol. The number of hydrogen-bond donors (Lipinski definition) is 1. The smallest absolute Gasteiger partial charge is 0.255 e. The molecule has 0 atom stereocenters. The summed E-state index contributed by atoms with van der Waals surface area (Å²) in [7, 11) is -3.31. The second-order valence-corrected chi connectivity index (χ2v) is 9.75. The van der Waals surface area contributed by atoms with Gasteiger partial charge in [0.2, 0.25) is 10.0 Å². The molecular weight excluding hydrogens is 408 g/mol. The third kappa shape index (κ3) is 4.64. The van der Waals surface area contributed by atoms with E-state index in [1.54, 1.807) is 12.1 Å². The molecule has 0 fully saturated rings. The first-order valence-electron chi connectivity index (χ1n) is 10.6. The van der Waals surface area contributed by atoms with Crippen LogP contribution < -0.4 is 9.62 Å². The molecule has 0 saturated carbocycles. The third-order valence-corrected chi connectivity index (χ3v) is 7.44. The zero-order chi connectivity index (χ0) is 21.8. The van der Waals surface area contributed by atoms with Gasteiger partial charge in [0, 0.05) is 17.8 Å². The zero-order valence-electron chi connectivity index (χ0n) is 17.5. The predicted molar refractivity (Wildman–Crippen MR) is 126 cm³/mol. The summed E-state index contributed by atoms with van der Waals surface area (Å²) in [6.45, 7) is 2.38. The van der Waals surface area contributed by atoms with Crippen LogP contribution in [0.25, 0.3) is 11.1 Å². The molecule has 0 bridgehead atoms. The van der Waals surface area contributed by atoms with Crippen LogP contribution >= 0.6 is 0 Å². The molecule has 6 heteroatoms. The summed E-state index contributed by atoms with van der Waals surface area (Å²) in [5.41, 5.74) is 5.08. The van der Waals surface area contributed by atoms with Gasteiger partial charge in [-0.05, 0) is 66.3 Å². The maximum atomic E-state index is 12.7. The number of rotatable bonds is 6. The molecule has 1 aliphatic heterocycles. The molecule has 5 nitrogen and oxygen atoms in total. The highest BCUT2D eigenvalue weighted by atomic mass is 32.2. The number of carbonyl (C=O) groups excluding carboxylic acids is 1. The Labute approximate surface area is 183 Å². The van der Waals surface area contributed by atoms with Gasteiger partial charge in [-0.1, -0.05) is 49.4 Å². The van der Waals surface area contributed by atoms with Crippen molar-refractivity contribution < 1.29 is 13.2 Å². The molecule has 0 aliphatic carbocycles. The van der Waals surface area contributed by atoms with Crippen LogP contribution in [0.1, 0.15) is 35.7 Å². The van der Waals surface area contributed by atoms with E-state index < -0.39 is 10.0 Å². The van der Waals surface area contributed by atoms with Crippen LogP contribution in [0.15, 0.2) is 72.8 Å². The van der Waals surface area contributed by atoms with E-state index in [-0.39, 0.29) is 11.7 Å². The van der Waals surface area contributed by atoms with Crippen molar-refractivity contribution in [3.05, 3.63) is 83.9 Å². The Morgan fingerprint density at radius 2 is 1.68 bits per heavy atom. The first-order chi connectivity index (χ1) is 15.0. The van der Waals surface area contributed by atoms with Crippen molar-refractivity contribution in [2.45, 2.75) is 26.2 Å². The van der Waals surface area contributed by atoms with Crippen LogP contribution in [0.2, 0.25) is 0 Å². The number of fused-ring (bicyclic) bond motifs is 1. The molecule has 3 aromatic carbocycles. The van der Waals surface area contributed by atoms with E-state index >= 15 is 0 Å². The second kappa shape index (κ2) is 8.94. The van der Waals surface area contributed by atoms with Gasteiger partial charge in [-0.25, -0.2) is 8.42 Å². The molecule has 1 heterocycles. The molecule has 1 N–H and O–H groups in total. The van der Waals surface area contributed by atoms with E-state index in [1.807, 2.05) is 67.6 Å². The number of benzene rings is 3. The summed E-state index contributed by atoms with van der Waals surface area (Å²) >= 11 is 0. The number of sulfonamides is 1. The molecule has 0 spiro atoms. The molecule has 0 unspecified atom stereocenters. The lowest BCUT2D eigenvalue weighted by atomic mass is 10.0. The van der Waals surface area contributed by atoms with E-state index in [0.717, 1.165) is 35.2 Å². The normalized spacial score (nSPS) is 13.5. The molecule has 0 radical (unpaired) electrons. The van der Waals surface area contributed by atoms with Crippen LogP contribution in [-0.4, -0.2) is 26.6 Å². The van der Waals surface area contributed by atoms with Gasteiger partial charge >= 0.3 is 0 Å². The molecule has 1 aliphatic rings. The number of carbonyl (C=O) groups is 1. The fourth-order valence-electron chi connectivity index (χ4n) is 3.95. The predicted octanol–water partition coefficient (Wildman–Crippen LogP) is 5.10. The summed E-state index contributed by atoms with van der Waals surface area (Å²) in [5.74, 6) is -0.0463. The molecular formula is C25H26N2O3S. The van der Waals surface area contributed by atoms with E-state index in [9.17, 15) is 13.2 Å². The van der Waals surface area contributed by atoms with E-state index in [1.165, 1.54) is 4.31 Å². The van der Waals surface area contributed by atoms with Crippen molar-refractivity contribution in [3.63, 3.8) is 0 Å². The Morgan fingerprint density at radius 3 is 2.39 bits per heavy atom. The number of nitrogens with one attached hydrogen (secondary N) is 1. The summed E-state index contributed by atoms with van der Waals surface area (Å²) < 4.78 is 26.7. The first-order valence-corrected chi connectivity index (χ1v) is 12.2. The lowest BCUT2D eigenvalue weighted by Crippen LogP contribution is -2.37. The average Bonchev–Trinajstić information content (AvgIpc) is 2.79. The third-order valence-electron chi connectivity index (χ3n) is 5.47. The summed E-state index contributed by atoms with van der Waals surface area (Å²) in [5, 5.41) is 2.94. The van der Waals surface area contributed by atoms with E-state index in [0.29, 0.717) is 24.2 Å². The summed E-state index contributed by atoms with van der Waals surface area (Å²) in [6.07, 6.45) is 2.16. The minimum atomic E-state index is -3.31. The quantitative estimate of drug-likeness (QED) is 0.587. The lowest BCUT2D eigenvalue weighted by molar-refractivity contribution is 0.102. The van der Waals surface area contributed by atoms with Crippen LogP contribution in [0.5, 0.6) is 0 Å². The lowest BCUT2D eigenvalue weighted by Gasteiger charge is -2.30. The molecule has 4 rings (SSSR count). The maximum Gasteiger partial charge on any atom is 0.255 e. The van der Waals surface area contributed by atoms with Crippen molar-refractivity contribution in [2.75, 3.05) is 21.9 Å². The van der Waals surface area contributed by atoms with Gasteiger partial charge in [-0.3, -0.25) is 9.10 Å². The van der Waals surface area contributed by atoms with Crippen LogP contribution in [0.4, 0.5) is 11.4 Å². The number of hydrogen-bond acceptors (Lipinski definition) is 3. The van der Waals surface area contributed by atoms with Gasteiger partial charge in [0.1, 0.15) is 0 Å². The molecule has 3 aromatic rings. The Balaban J connectivity index is 1.51. The van der Waals surface area contributed by atoms with Gasteiger partial charge in [0.15, 0.2) is 0 Å². The van der Waals surface area contributed by atoms with Crippen molar-refractivity contribution in [1.29, 1.82) is 0 Å². The maximum absolute atomic E-state index is 12.7. The highest BCUT2D eigenvalue weighted by Crippen LogP contribution is 2.32. The minimum Gasteiger partial charge on any atom is -0.322 e. The molecule has 0 aromatic heterocycles. The van der Waals surface area contributed by atoms with E-state index in [2.05, 4.69) is 5.32 Å². The van der Waals surface area contributed by atoms with Crippen LogP contribution in [0, 0.1) is 0 Å². The highest BCUT2D eigenvalue weighted by molar-refractivity contribution is 7.92. The fourth-order valence-corrected chi connectivity index (χ4v) is 5.57. The number of amides is 1. The molecule has 0 saturated heterocycles. The largest absolute Gasteiger partial charge is 0.322 e. The van der Waals surface area contributed by atoms with Gasteiger partial charge in [0.25, 0.3) is 5.91 Å².